The monoisotopic (exact) mass is 1980 g/mol. The molecule has 0 aliphatic carbocycles. The Morgan fingerprint density at radius 3 is 1.44 bits per heavy atom. The normalized spacial score (nSPS) is 9.52. The van der Waals surface area contributed by atoms with Crippen LogP contribution in [0.25, 0.3) is 33.1 Å². The van der Waals surface area contributed by atoms with E-state index in [0.29, 0.717) is 98.2 Å². The van der Waals surface area contributed by atoms with Crippen LogP contribution in [0.1, 0.15) is 38.4 Å². The second-order valence-electron chi connectivity index (χ2n) is 20.9. The molecule has 0 saturated carbocycles. The summed E-state index contributed by atoms with van der Waals surface area (Å²) in [7, 11) is 0. The molecule has 0 fully saturated rings. The number of H-pyrrole nitrogens is 4. The summed E-state index contributed by atoms with van der Waals surface area (Å²) in [6.45, 7) is 31.2. The number of nitrogens with zero attached hydrogens (tertiary/aromatic N) is 22. The van der Waals surface area contributed by atoms with Crippen LogP contribution in [0.3, 0.4) is 0 Å². The topological polar surface area (TPSA) is 703 Å². The van der Waals surface area contributed by atoms with Crippen molar-refractivity contribution in [2.45, 2.75) is 52.4 Å². The first kappa shape index (κ1) is 109. The van der Waals surface area contributed by atoms with Crippen LogP contribution in [-0.4, -0.2) is 173 Å². The van der Waals surface area contributed by atoms with Gasteiger partial charge in [0.2, 0.25) is 22.0 Å². The number of aromatic amines is 4. The van der Waals surface area contributed by atoms with Crippen molar-refractivity contribution in [3.63, 3.8) is 0 Å². The second-order valence-corrected chi connectivity index (χ2v) is 23.5. The van der Waals surface area contributed by atoms with Gasteiger partial charge in [0, 0.05) is 13.2 Å². The number of carboxylic acids is 1. The molecule has 122 heavy (non-hydrogen) atoms. The molecule has 0 spiro atoms. The Morgan fingerprint density at radius 2 is 1.02 bits per heavy atom. The van der Waals surface area contributed by atoms with Gasteiger partial charge in [-0.3, -0.25) is 98.1 Å². The van der Waals surface area contributed by atoms with Gasteiger partial charge in [0.15, 0.2) is 16.2 Å². The largest absolute Gasteiger partial charge is 1.00 e. The number of benzene rings is 1. The quantitative estimate of drug-likeness (QED) is 0.00519. The molecular formula is C66H72BrCl5IN30NaO18. The van der Waals surface area contributed by atoms with Gasteiger partial charge in [0.05, 0.1) is 118 Å². The molecule has 0 unspecified atom stereocenters. The van der Waals surface area contributed by atoms with Gasteiger partial charge in [0.25, 0.3) is 22.9 Å². The summed E-state index contributed by atoms with van der Waals surface area (Å²) in [6.07, 6.45) is 25.9. The van der Waals surface area contributed by atoms with Crippen molar-refractivity contribution < 1.29 is 85.2 Å². The van der Waals surface area contributed by atoms with Gasteiger partial charge in [-0.2, -0.15) is 50.4 Å². The second kappa shape index (κ2) is 59.6. The van der Waals surface area contributed by atoms with Gasteiger partial charge >= 0.3 is 70.1 Å². The number of hydrogen-bond donors (Lipinski definition) is 9. The molecule has 11 heterocycles. The predicted molar refractivity (Wildman–Crippen MR) is 459 cm³/mol. The fourth-order valence-electron chi connectivity index (χ4n) is 8.35. The first-order valence-corrected chi connectivity index (χ1v) is 36.6. The van der Waals surface area contributed by atoms with Crippen LogP contribution in [0.2, 0.25) is 25.8 Å². The number of nitrogen functional groups attached to an aromatic ring is 1. The number of nitro groups is 4. The number of amides is 2. The van der Waals surface area contributed by atoms with Gasteiger partial charge in [-0.05, 0) is 45.8 Å². The molecule has 14 N–H and O–H groups in total. The van der Waals surface area contributed by atoms with Crippen molar-refractivity contribution in [3.05, 3.63) is 301 Å². The number of aromatic nitrogens is 22. The Bertz CT molecular complexity index is 5700. The number of carboxylic acid groups (broad SMARTS) is 1. The molecule has 0 bridgehead atoms. The molecule has 0 aliphatic heterocycles. The van der Waals surface area contributed by atoms with E-state index in [4.69, 9.17) is 97.0 Å². The number of rotatable bonds is 23. The number of anilines is 1. The van der Waals surface area contributed by atoms with E-state index in [-0.39, 0.29) is 98.9 Å². The molecule has 0 radical (unpaired) electrons. The van der Waals surface area contributed by atoms with Crippen LogP contribution in [0.5, 0.6) is 0 Å². The van der Waals surface area contributed by atoms with Crippen LogP contribution in [0, 0.1) is 40.5 Å². The number of alkyl halides is 2. The number of hydrogen-bond acceptors (Lipinski definition) is 30. The molecule has 0 aliphatic rings. The summed E-state index contributed by atoms with van der Waals surface area (Å²) in [5, 5.41) is 84.6. The molecule has 1 aromatic carbocycles. The van der Waals surface area contributed by atoms with E-state index in [1.165, 1.54) is 68.1 Å². The molecular weight excluding hydrogens is 1910 g/mol. The summed E-state index contributed by atoms with van der Waals surface area (Å²) in [5.41, 5.74) is 22.6. The Morgan fingerprint density at radius 1 is 0.582 bits per heavy atom. The third-order valence-corrected chi connectivity index (χ3v) is 14.8. The number of primary amides is 2. The number of fused-ring (bicyclic) bond motifs is 3. The maximum absolute atomic E-state index is 11.5. The number of carbonyl (C=O) groups excluding carboxylic acids is 4. The minimum Gasteiger partial charge on any atom is -0.870 e. The van der Waals surface area contributed by atoms with Crippen LogP contribution in [0.15, 0.2) is 196 Å². The smallest absolute Gasteiger partial charge is 0.870 e. The Kier molecular flexibility index (Phi) is 53.3. The van der Waals surface area contributed by atoms with E-state index in [1.807, 2.05) is 28.7 Å². The number of halogens is 7. The van der Waals surface area contributed by atoms with Crippen molar-refractivity contribution in [2.75, 3.05) is 16.0 Å². The fourth-order valence-corrected chi connectivity index (χ4v) is 9.34. The van der Waals surface area contributed by atoms with E-state index in [0.717, 1.165) is 38.8 Å². The van der Waals surface area contributed by atoms with E-state index in [9.17, 15) is 69.2 Å². The van der Waals surface area contributed by atoms with Crippen LogP contribution >= 0.6 is 96.5 Å². The molecule has 0 saturated heterocycles. The summed E-state index contributed by atoms with van der Waals surface area (Å²) in [4.78, 5) is 140. The van der Waals surface area contributed by atoms with Crippen molar-refractivity contribution in [1.29, 1.82) is 0 Å². The van der Waals surface area contributed by atoms with Gasteiger partial charge in [-0.15, -0.1) is 52.6 Å². The molecule has 48 nitrogen and oxygen atoms in total. The SMILES string of the molecule is C=CCBr.C=CCn1cc([N+](=O)[O-])cn1.C=CCn1ncc(N)c1C(N)=O.C=CCn1ncc([N+](=O)[O-])c1C(=O)O.C=CCn1ncc([N+](=O)[O-])c1C(N)=O.C=CCn1ncc2[nH]c(=O)[nH]c(=O)c21.C=CCn1ncc2nc(Cl)[nH]c(=O)c21.C=CCn1ncc2nc(Cl)nc(Cl)c21.NCc1ccc(Cl)c(Cl)c1.O=C=O.O=[N+]([O-])c1cn[nH]c1.[2H]CI.[Na+].[OH-]. The maximum atomic E-state index is 11.5. The zero-order chi connectivity index (χ0) is 91.6. The standard InChI is InChI=1S/C8H6Cl2N4.C8H7ClN4O.C8H8N4O2.C7H7Cl2N.C7H8N4O3.C7H10N4O.C7H7N3O4.C6H7N3O2.C3H5Br.C3H3N3O2.CH3I.CO2.Na.H2O/c1-2-3-14-6-5(4-11-14)12-8(10)13-7(6)9;1-2-3-13-6-5(4-10-13)11-8(9)12-7(6)14;1-2-3-12-6-5(4-9-12)10-8(14)11-7(6)13;8-6-2-1-5(4-10)3-7(6)9;1-2-3-10-6(7(8)12)5(4-9-10)11(13)14;1-2-3-11-6(7(9)12)5(8)4-10-11;1-2-3-9-6(7(11)12)5(4-8-9)10(13)14;1-2-3-8-5-6(4-7-8)9(10)11;1-2-3-4;7-6(8)3-1-4-5-2-3;1-2;2-1-3;;/h2,4H,1,3H2;2,4H,1,3H2,(H,11,12,14);2,4H,1,3H2,(H2,10,11,13,14);1-3H,4,10H2;2,4H,1,3H2,(H2,8,12);2,4H,1,3,8H2,(H2,9,12);2,4H,1,3H2,(H,11,12);2,4-5H,1,3H2;2H,1,3H2;1-2H,(H,4,5);1H3;;;1H2/q;;;;;;;;;;;;+1;/p-1/i;;;;;;;;;;1D;;;. The molecule has 12 aromatic rings. The maximum Gasteiger partial charge on any atom is 1.00 e. The van der Waals surface area contributed by atoms with Crippen LogP contribution in [0.4, 0.5) is 28.4 Å². The Hall–Kier alpha value is -13.0. The first-order chi connectivity index (χ1) is 57.5. The number of allylic oxidation sites excluding steroid dienone is 8. The van der Waals surface area contributed by atoms with E-state index in [1.54, 1.807) is 59.5 Å². The zero-order valence-corrected chi connectivity index (χ0v) is 73.1. The van der Waals surface area contributed by atoms with Crippen LogP contribution < -0.4 is 69.3 Å². The molecule has 12 rings (SSSR count). The number of carbonyl (C=O) groups is 3. The van der Waals surface area contributed by atoms with Gasteiger partial charge in [-0.1, -0.05) is 128 Å². The summed E-state index contributed by atoms with van der Waals surface area (Å²) >= 11 is 33.6. The van der Waals surface area contributed by atoms with Crippen molar-refractivity contribution in [2.24, 2.45) is 17.2 Å². The van der Waals surface area contributed by atoms with Crippen molar-refractivity contribution in [3.8, 4) is 0 Å². The fraction of sp³-hybridized carbons (Fsp3) is 0.152. The van der Waals surface area contributed by atoms with E-state index >= 15 is 0 Å². The van der Waals surface area contributed by atoms with E-state index < -0.39 is 60.1 Å². The third kappa shape index (κ3) is 36.3. The summed E-state index contributed by atoms with van der Waals surface area (Å²) < 4.78 is 15.8. The summed E-state index contributed by atoms with van der Waals surface area (Å²) in [5.74, 6) is -2.83. The van der Waals surface area contributed by atoms with Crippen molar-refractivity contribution >= 4 is 182 Å². The number of nitrogens with one attached hydrogen (secondary N) is 4. The molecule has 2 amide bonds. The zero-order valence-electron chi connectivity index (χ0n) is 64.6. The third-order valence-electron chi connectivity index (χ3n) is 13.0. The summed E-state index contributed by atoms with van der Waals surface area (Å²) in [6, 6.07) is 5.37. The van der Waals surface area contributed by atoms with Gasteiger partial charge < -0.3 is 38.5 Å². The number of nitrogens with two attached hydrogens (primary N) is 4. The average Bonchev–Trinajstić information content (AvgIpc) is 1.70. The first-order valence-electron chi connectivity index (χ1n) is 32.8. The van der Waals surface area contributed by atoms with Gasteiger partial charge in [0.1, 0.15) is 53.2 Å². The average molecular weight is 1980 g/mol. The minimum atomic E-state index is -1.38. The van der Waals surface area contributed by atoms with Crippen molar-refractivity contribution in [1.82, 2.24) is 109 Å². The minimum absolute atomic E-state index is 0. The molecule has 11 aromatic heterocycles. The van der Waals surface area contributed by atoms with Gasteiger partial charge in [-0.25, -0.2) is 33.9 Å². The molecule has 644 valence electrons. The molecule has 56 heteroatoms. The number of aromatic carboxylic acids is 1. The van der Waals surface area contributed by atoms with Crippen LogP contribution in [-0.2, 0) is 61.9 Å². The predicted octanol–water partition coefficient (Wildman–Crippen LogP) is 5.99. The molecule has 0 atom stereocenters. The Labute approximate surface area is 756 Å². The van der Waals surface area contributed by atoms with E-state index in [2.05, 4.69) is 144 Å². The Balaban J connectivity index is 0.